The van der Waals surface area contributed by atoms with Gasteiger partial charge in [-0.3, -0.25) is 9.78 Å². The maximum absolute atomic E-state index is 12.6. The van der Waals surface area contributed by atoms with E-state index < -0.39 is 23.6 Å². The normalized spacial score (nSPS) is 14.7. The second-order valence-corrected chi connectivity index (χ2v) is 3.60. The fourth-order valence-electron chi connectivity index (χ4n) is 1.03. The number of pyridine rings is 1. The number of aliphatic carboxylic acids is 1. The van der Waals surface area contributed by atoms with Crippen molar-refractivity contribution >= 4 is 11.9 Å². The van der Waals surface area contributed by atoms with Crippen LogP contribution in [0.5, 0.6) is 0 Å². The minimum atomic E-state index is -5.12. The van der Waals surface area contributed by atoms with E-state index in [9.17, 15) is 22.8 Å². The van der Waals surface area contributed by atoms with E-state index in [4.69, 9.17) is 5.11 Å². The number of nitrogens with zero attached hydrogens (tertiary/aromatic N) is 1. The standard InChI is InChI=1S/C10H9F3N2O3/c1-9(8(17)18,10(11,12)13)15-7(16)6-4-2-3-5-14-6/h2-5H,1H3,(H,15,16)(H,17,18). The molecule has 2 N–H and O–H groups in total. The van der Waals surface area contributed by atoms with E-state index >= 15 is 0 Å². The Morgan fingerprint density at radius 1 is 1.33 bits per heavy atom. The molecule has 0 saturated heterocycles. The molecule has 18 heavy (non-hydrogen) atoms. The molecule has 0 saturated carbocycles. The van der Waals surface area contributed by atoms with Crippen LogP contribution < -0.4 is 5.32 Å². The van der Waals surface area contributed by atoms with Crippen LogP contribution >= 0.6 is 0 Å². The van der Waals surface area contributed by atoms with Gasteiger partial charge in [0.1, 0.15) is 5.69 Å². The number of amides is 1. The molecule has 1 aromatic rings. The average Bonchev–Trinajstić information content (AvgIpc) is 2.28. The van der Waals surface area contributed by atoms with E-state index in [0.29, 0.717) is 6.92 Å². The monoisotopic (exact) mass is 262 g/mol. The molecule has 0 aliphatic rings. The van der Waals surface area contributed by atoms with Crippen molar-refractivity contribution in [2.24, 2.45) is 0 Å². The number of hydrogen-bond donors (Lipinski definition) is 2. The lowest BCUT2D eigenvalue weighted by molar-refractivity contribution is -0.203. The fourth-order valence-corrected chi connectivity index (χ4v) is 1.03. The first-order valence-electron chi connectivity index (χ1n) is 4.72. The molecular weight excluding hydrogens is 253 g/mol. The minimum Gasteiger partial charge on any atom is -0.479 e. The zero-order valence-corrected chi connectivity index (χ0v) is 9.15. The molecule has 98 valence electrons. The molecule has 0 aromatic carbocycles. The molecule has 1 unspecified atom stereocenters. The number of carbonyl (C=O) groups excluding carboxylic acids is 1. The Morgan fingerprint density at radius 2 is 1.94 bits per heavy atom. The van der Waals surface area contributed by atoms with E-state index in [1.807, 2.05) is 0 Å². The molecular formula is C10H9F3N2O3. The smallest absolute Gasteiger partial charge is 0.422 e. The zero-order chi connectivity index (χ0) is 14.0. The van der Waals surface area contributed by atoms with Gasteiger partial charge >= 0.3 is 12.1 Å². The minimum absolute atomic E-state index is 0.297. The first-order chi connectivity index (χ1) is 8.18. The van der Waals surface area contributed by atoms with E-state index in [-0.39, 0.29) is 5.69 Å². The van der Waals surface area contributed by atoms with Crippen LogP contribution in [-0.2, 0) is 4.79 Å². The van der Waals surface area contributed by atoms with Crippen LogP contribution in [-0.4, -0.2) is 33.7 Å². The summed E-state index contributed by atoms with van der Waals surface area (Å²) in [6.07, 6.45) is -3.91. The molecule has 0 radical (unpaired) electrons. The number of carbonyl (C=O) groups is 2. The van der Waals surface area contributed by atoms with E-state index in [1.54, 1.807) is 0 Å². The third-order valence-corrected chi connectivity index (χ3v) is 2.26. The van der Waals surface area contributed by atoms with Gasteiger partial charge in [0.2, 0.25) is 5.54 Å². The topological polar surface area (TPSA) is 79.3 Å². The van der Waals surface area contributed by atoms with E-state index in [0.717, 1.165) is 0 Å². The van der Waals surface area contributed by atoms with Gasteiger partial charge in [0.15, 0.2) is 0 Å². The maximum Gasteiger partial charge on any atom is 0.422 e. The molecule has 0 bridgehead atoms. The summed E-state index contributed by atoms with van der Waals surface area (Å²) >= 11 is 0. The lowest BCUT2D eigenvalue weighted by Gasteiger charge is -2.28. The molecule has 1 rings (SSSR count). The van der Waals surface area contributed by atoms with Crippen molar-refractivity contribution in [3.05, 3.63) is 30.1 Å². The Morgan fingerprint density at radius 3 is 2.33 bits per heavy atom. The highest BCUT2D eigenvalue weighted by molar-refractivity contribution is 5.96. The summed E-state index contributed by atoms with van der Waals surface area (Å²) in [5, 5.41) is 10.0. The van der Waals surface area contributed by atoms with Gasteiger partial charge in [-0.2, -0.15) is 13.2 Å². The fraction of sp³-hybridized carbons (Fsp3) is 0.300. The zero-order valence-electron chi connectivity index (χ0n) is 9.15. The van der Waals surface area contributed by atoms with Gasteiger partial charge in [-0.05, 0) is 19.1 Å². The van der Waals surface area contributed by atoms with Crippen LogP contribution in [0.25, 0.3) is 0 Å². The Bertz CT molecular complexity index is 461. The summed E-state index contributed by atoms with van der Waals surface area (Å²) in [6, 6.07) is 4.04. The number of hydrogen-bond acceptors (Lipinski definition) is 3. The Hall–Kier alpha value is -2.12. The number of alkyl halides is 3. The van der Waals surface area contributed by atoms with Gasteiger partial charge in [-0.15, -0.1) is 0 Å². The van der Waals surface area contributed by atoms with Crippen molar-refractivity contribution in [3.63, 3.8) is 0 Å². The lowest BCUT2D eigenvalue weighted by atomic mass is 10.0. The number of carboxylic acids is 1. The van der Waals surface area contributed by atoms with Crippen molar-refractivity contribution in [2.45, 2.75) is 18.6 Å². The number of rotatable bonds is 3. The van der Waals surface area contributed by atoms with Crippen LogP contribution in [0, 0.1) is 0 Å². The Balaban J connectivity index is 3.01. The highest BCUT2D eigenvalue weighted by atomic mass is 19.4. The third-order valence-electron chi connectivity index (χ3n) is 2.26. The maximum atomic E-state index is 12.6. The average molecular weight is 262 g/mol. The number of aromatic nitrogens is 1. The summed E-state index contributed by atoms with van der Waals surface area (Å²) in [5.74, 6) is -3.41. The van der Waals surface area contributed by atoms with Crippen molar-refractivity contribution in [2.75, 3.05) is 0 Å². The largest absolute Gasteiger partial charge is 0.479 e. The second-order valence-electron chi connectivity index (χ2n) is 3.60. The van der Waals surface area contributed by atoms with Crippen LogP contribution in [0.4, 0.5) is 13.2 Å². The summed E-state index contributed by atoms with van der Waals surface area (Å²) < 4.78 is 37.8. The predicted octanol–water partition coefficient (Wildman–Crippen LogP) is 1.22. The van der Waals surface area contributed by atoms with Crippen LogP contribution in [0.1, 0.15) is 17.4 Å². The van der Waals surface area contributed by atoms with Crippen LogP contribution in [0.15, 0.2) is 24.4 Å². The molecule has 0 spiro atoms. The van der Waals surface area contributed by atoms with E-state index in [1.165, 1.54) is 29.7 Å². The quantitative estimate of drug-likeness (QED) is 0.858. The summed E-state index contributed by atoms with van der Waals surface area (Å²) in [7, 11) is 0. The number of halogens is 3. The van der Waals surface area contributed by atoms with Gasteiger partial charge in [-0.1, -0.05) is 6.07 Å². The van der Waals surface area contributed by atoms with Crippen LogP contribution in [0.2, 0.25) is 0 Å². The third kappa shape index (κ3) is 2.58. The van der Waals surface area contributed by atoms with Gasteiger partial charge in [0.05, 0.1) is 0 Å². The lowest BCUT2D eigenvalue weighted by Crippen LogP contribution is -2.62. The molecule has 0 aliphatic carbocycles. The summed E-state index contributed by atoms with van der Waals surface area (Å²) in [6.45, 7) is 0.371. The van der Waals surface area contributed by atoms with Gasteiger partial charge in [0.25, 0.3) is 5.91 Å². The highest BCUT2D eigenvalue weighted by Gasteiger charge is 2.58. The van der Waals surface area contributed by atoms with E-state index in [2.05, 4.69) is 4.98 Å². The molecule has 5 nitrogen and oxygen atoms in total. The summed E-state index contributed by atoms with van der Waals surface area (Å²) in [5.41, 5.74) is -3.66. The van der Waals surface area contributed by atoms with Crippen LogP contribution in [0.3, 0.4) is 0 Å². The first kappa shape index (κ1) is 13.9. The van der Waals surface area contributed by atoms with Gasteiger partial charge in [-0.25, -0.2) is 4.79 Å². The Labute approximate surface area is 99.6 Å². The SMILES string of the molecule is CC(NC(=O)c1ccccn1)(C(=O)O)C(F)(F)F. The number of carboxylic acid groups (broad SMARTS) is 1. The molecule has 1 atom stereocenters. The van der Waals surface area contributed by atoms with Gasteiger partial charge < -0.3 is 10.4 Å². The Kier molecular flexibility index (Phi) is 3.59. The molecule has 0 fully saturated rings. The predicted molar refractivity (Wildman–Crippen MR) is 53.8 cm³/mol. The van der Waals surface area contributed by atoms with Crippen molar-refractivity contribution in [1.29, 1.82) is 0 Å². The van der Waals surface area contributed by atoms with Crippen molar-refractivity contribution in [1.82, 2.24) is 10.3 Å². The molecule has 0 aliphatic heterocycles. The van der Waals surface area contributed by atoms with Crippen molar-refractivity contribution < 1.29 is 27.9 Å². The summed E-state index contributed by atoms with van der Waals surface area (Å²) in [4.78, 5) is 25.7. The van der Waals surface area contributed by atoms with Crippen molar-refractivity contribution in [3.8, 4) is 0 Å². The van der Waals surface area contributed by atoms with Gasteiger partial charge in [0, 0.05) is 6.20 Å². The first-order valence-corrected chi connectivity index (χ1v) is 4.72. The molecule has 1 heterocycles. The highest BCUT2D eigenvalue weighted by Crippen LogP contribution is 2.30. The molecule has 8 heteroatoms. The molecule has 1 amide bonds. The molecule has 1 aromatic heterocycles. The second kappa shape index (κ2) is 4.63. The number of nitrogens with one attached hydrogen (secondary N) is 1.